The molecule has 0 spiro atoms. The molecular weight excluding hydrogens is 296 g/mol. The lowest BCUT2D eigenvalue weighted by atomic mass is 9.86. The van der Waals surface area contributed by atoms with Crippen LogP contribution >= 0.6 is 0 Å². The predicted octanol–water partition coefficient (Wildman–Crippen LogP) is 3.17. The molecular formula is C17H22N2O2S. The summed E-state index contributed by atoms with van der Waals surface area (Å²) in [7, 11) is -3.53. The normalized spacial score (nSPS) is 12.4. The zero-order chi connectivity index (χ0) is 16.4. The number of nitrogens with zero attached hydrogens (tertiary/aromatic N) is 1. The van der Waals surface area contributed by atoms with E-state index in [9.17, 15) is 8.42 Å². The van der Waals surface area contributed by atoms with Gasteiger partial charge in [0, 0.05) is 18.9 Å². The molecule has 0 unspecified atom stereocenters. The van der Waals surface area contributed by atoms with E-state index >= 15 is 0 Å². The molecule has 2 rings (SSSR count). The summed E-state index contributed by atoms with van der Waals surface area (Å²) in [5.41, 5.74) is 2.70. The zero-order valence-corrected chi connectivity index (χ0v) is 14.2. The van der Waals surface area contributed by atoms with E-state index in [1.165, 1.54) is 0 Å². The molecule has 0 amide bonds. The fourth-order valence-corrected chi connectivity index (χ4v) is 3.42. The van der Waals surface area contributed by atoms with Gasteiger partial charge in [-0.2, -0.15) is 0 Å². The van der Waals surface area contributed by atoms with Gasteiger partial charge in [0.25, 0.3) is 0 Å². The summed E-state index contributed by atoms with van der Waals surface area (Å²) in [5.74, 6) is 0. The van der Waals surface area contributed by atoms with Crippen molar-refractivity contribution in [3.63, 3.8) is 0 Å². The monoisotopic (exact) mass is 318 g/mol. The van der Waals surface area contributed by atoms with Crippen molar-refractivity contribution in [2.75, 3.05) is 0 Å². The molecule has 1 heterocycles. The summed E-state index contributed by atoms with van der Waals surface area (Å²) < 4.78 is 27.5. The van der Waals surface area contributed by atoms with Crippen LogP contribution in [0.1, 0.15) is 37.5 Å². The van der Waals surface area contributed by atoms with Gasteiger partial charge in [-0.3, -0.25) is 4.98 Å². The van der Waals surface area contributed by atoms with Crippen molar-refractivity contribution in [2.24, 2.45) is 0 Å². The molecule has 0 aliphatic heterocycles. The quantitative estimate of drug-likeness (QED) is 0.942. The Labute approximate surface area is 132 Å². The Kier molecular flexibility index (Phi) is 4.68. The van der Waals surface area contributed by atoms with Crippen molar-refractivity contribution in [2.45, 2.75) is 44.6 Å². The van der Waals surface area contributed by atoms with Gasteiger partial charge in [0.1, 0.15) is 0 Å². The van der Waals surface area contributed by atoms with Crippen LogP contribution in [0.3, 0.4) is 0 Å². The number of pyridine rings is 1. The Morgan fingerprint density at radius 2 is 1.91 bits per heavy atom. The van der Waals surface area contributed by atoms with Crippen LogP contribution in [0.5, 0.6) is 0 Å². The third-order valence-electron chi connectivity index (χ3n) is 3.52. The Bertz CT molecular complexity index is 748. The summed E-state index contributed by atoms with van der Waals surface area (Å²) in [4.78, 5) is 4.30. The van der Waals surface area contributed by atoms with E-state index in [1.54, 1.807) is 24.5 Å². The number of nitrogens with one attached hydrogen (secondary N) is 1. The van der Waals surface area contributed by atoms with Crippen molar-refractivity contribution in [3.05, 3.63) is 59.4 Å². The third-order valence-corrected chi connectivity index (χ3v) is 5.08. The van der Waals surface area contributed by atoms with Crippen LogP contribution in [0.4, 0.5) is 0 Å². The largest absolute Gasteiger partial charge is 0.264 e. The zero-order valence-electron chi connectivity index (χ0n) is 13.4. The second-order valence-corrected chi connectivity index (χ2v) is 8.15. The molecule has 2 aromatic rings. The van der Waals surface area contributed by atoms with Gasteiger partial charge in [-0.15, -0.1) is 0 Å². The second kappa shape index (κ2) is 6.18. The average Bonchev–Trinajstić information content (AvgIpc) is 2.45. The molecule has 0 aliphatic rings. The van der Waals surface area contributed by atoms with Crippen LogP contribution < -0.4 is 4.72 Å². The molecule has 0 radical (unpaired) electrons. The molecule has 1 N–H and O–H groups in total. The van der Waals surface area contributed by atoms with Crippen LogP contribution in [0, 0.1) is 6.92 Å². The Balaban J connectivity index is 2.23. The van der Waals surface area contributed by atoms with E-state index in [2.05, 4.69) is 30.5 Å². The van der Waals surface area contributed by atoms with E-state index in [0.717, 1.165) is 16.7 Å². The van der Waals surface area contributed by atoms with Gasteiger partial charge < -0.3 is 0 Å². The van der Waals surface area contributed by atoms with Crippen LogP contribution in [-0.4, -0.2) is 13.4 Å². The SMILES string of the molecule is Cc1cc(C(C)(C)C)ccc1S(=O)(=O)NCc1cccnc1. The molecule has 0 bridgehead atoms. The number of rotatable bonds is 4. The number of hydrogen-bond donors (Lipinski definition) is 1. The highest BCUT2D eigenvalue weighted by Gasteiger charge is 2.20. The first kappa shape index (κ1) is 16.6. The highest BCUT2D eigenvalue weighted by molar-refractivity contribution is 7.89. The molecule has 0 atom stereocenters. The van der Waals surface area contributed by atoms with Gasteiger partial charge in [-0.1, -0.05) is 39.0 Å². The lowest BCUT2D eigenvalue weighted by Gasteiger charge is -2.20. The summed E-state index contributed by atoms with van der Waals surface area (Å²) in [6, 6.07) is 9.13. The topological polar surface area (TPSA) is 59.1 Å². The average molecular weight is 318 g/mol. The van der Waals surface area contributed by atoms with Crippen LogP contribution in [0.2, 0.25) is 0 Å². The molecule has 118 valence electrons. The Morgan fingerprint density at radius 1 is 1.18 bits per heavy atom. The van der Waals surface area contributed by atoms with Crippen molar-refractivity contribution in [3.8, 4) is 0 Å². The maximum Gasteiger partial charge on any atom is 0.241 e. The van der Waals surface area contributed by atoms with E-state index in [0.29, 0.717) is 4.90 Å². The van der Waals surface area contributed by atoms with E-state index in [-0.39, 0.29) is 12.0 Å². The van der Waals surface area contributed by atoms with E-state index in [1.807, 2.05) is 25.1 Å². The van der Waals surface area contributed by atoms with Crippen molar-refractivity contribution < 1.29 is 8.42 Å². The number of aromatic nitrogens is 1. The molecule has 4 nitrogen and oxygen atoms in total. The lowest BCUT2D eigenvalue weighted by Crippen LogP contribution is -2.24. The molecule has 1 aromatic carbocycles. The van der Waals surface area contributed by atoms with Gasteiger partial charge in [-0.25, -0.2) is 13.1 Å². The minimum atomic E-state index is -3.53. The number of hydrogen-bond acceptors (Lipinski definition) is 3. The molecule has 0 saturated heterocycles. The standard InChI is InChI=1S/C17H22N2O2S/c1-13-10-15(17(2,3)4)7-8-16(13)22(20,21)19-12-14-6-5-9-18-11-14/h5-11,19H,12H2,1-4H3. The fraction of sp³-hybridized carbons (Fsp3) is 0.353. The molecule has 0 aliphatic carbocycles. The fourth-order valence-electron chi connectivity index (χ4n) is 2.18. The van der Waals surface area contributed by atoms with Crippen LogP contribution in [0.25, 0.3) is 0 Å². The first-order valence-electron chi connectivity index (χ1n) is 7.20. The minimum absolute atomic E-state index is 0.00378. The minimum Gasteiger partial charge on any atom is -0.264 e. The van der Waals surface area contributed by atoms with E-state index in [4.69, 9.17) is 0 Å². The van der Waals surface area contributed by atoms with Gasteiger partial charge in [-0.05, 0) is 41.2 Å². The van der Waals surface area contributed by atoms with Gasteiger partial charge in [0.15, 0.2) is 0 Å². The highest BCUT2D eigenvalue weighted by Crippen LogP contribution is 2.26. The summed E-state index contributed by atoms with van der Waals surface area (Å²) in [6.07, 6.45) is 3.31. The first-order chi connectivity index (χ1) is 10.2. The second-order valence-electron chi connectivity index (χ2n) is 6.42. The van der Waals surface area contributed by atoms with Gasteiger partial charge in [0.2, 0.25) is 10.0 Å². The van der Waals surface area contributed by atoms with Crippen molar-refractivity contribution in [1.29, 1.82) is 0 Å². The summed E-state index contributed by atoms with van der Waals surface area (Å²) >= 11 is 0. The summed E-state index contributed by atoms with van der Waals surface area (Å²) in [5, 5.41) is 0. The summed E-state index contributed by atoms with van der Waals surface area (Å²) in [6.45, 7) is 8.38. The number of benzene rings is 1. The Hall–Kier alpha value is -1.72. The lowest BCUT2D eigenvalue weighted by molar-refractivity contribution is 0.577. The number of aryl methyl sites for hydroxylation is 1. The molecule has 0 fully saturated rings. The molecule has 22 heavy (non-hydrogen) atoms. The van der Waals surface area contributed by atoms with Crippen molar-refractivity contribution >= 4 is 10.0 Å². The van der Waals surface area contributed by atoms with Crippen LogP contribution in [0.15, 0.2) is 47.6 Å². The number of sulfonamides is 1. The highest BCUT2D eigenvalue weighted by atomic mass is 32.2. The Morgan fingerprint density at radius 3 is 2.45 bits per heavy atom. The van der Waals surface area contributed by atoms with Crippen molar-refractivity contribution in [1.82, 2.24) is 9.71 Å². The third kappa shape index (κ3) is 3.93. The van der Waals surface area contributed by atoms with Crippen LogP contribution in [-0.2, 0) is 22.0 Å². The first-order valence-corrected chi connectivity index (χ1v) is 8.68. The molecule has 5 heteroatoms. The smallest absolute Gasteiger partial charge is 0.241 e. The molecule has 0 saturated carbocycles. The maximum absolute atomic E-state index is 12.5. The predicted molar refractivity (Wildman–Crippen MR) is 88.1 cm³/mol. The van der Waals surface area contributed by atoms with Gasteiger partial charge in [0.05, 0.1) is 4.90 Å². The van der Waals surface area contributed by atoms with Gasteiger partial charge >= 0.3 is 0 Å². The van der Waals surface area contributed by atoms with E-state index < -0.39 is 10.0 Å². The maximum atomic E-state index is 12.5. The molecule has 1 aromatic heterocycles.